The summed E-state index contributed by atoms with van der Waals surface area (Å²) in [6.07, 6.45) is -2.23. The molecule has 0 saturated carbocycles. The van der Waals surface area contributed by atoms with Crippen LogP contribution in [0.2, 0.25) is 23.3 Å². The lowest BCUT2D eigenvalue weighted by Gasteiger charge is -2.39. The molecule has 8 nitrogen and oxygen atoms in total. The zero-order chi connectivity index (χ0) is 23.7. The Morgan fingerprint density at radius 2 is 1.97 bits per heavy atom. The molecule has 0 aliphatic carbocycles. The molecule has 3 heterocycles. The highest BCUT2D eigenvalue weighted by Crippen LogP contribution is 2.40. The van der Waals surface area contributed by atoms with E-state index in [1.165, 1.54) is 0 Å². The normalized spacial score (nSPS) is 25.2. The van der Waals surface area contributed by atoms with Crippen molar-refractivity contribution in [3.05, 3.63) is 22.7 Å². The minimum atomic E-state index is -1.96. The predicted molar refractivity (Wildman–Crippen MR) is 119 cm³/mol. The van der Waals surface area contributed by atoms with Gasteiger partial charge in [0.25, 0.3) is 0 Å². The molecule has 3 rings (SSSR count). The first-order chi connectivity index (χ1) is 14.9. The number of carbonyl (C=O) groups is 1. The van der Waals surface area contributed by atoms with Crippen LogP contribution in [-0.4, -0.2) is 68.7 Å². The zero-order valence-electron chi connectivity index (χ0n) is 18.7. The first-order valence-electron chi connectivity index (χ1n) is 10.3. The highest BCUT2D eigenvalue weighted by Gasteiger charge is 2.51. The zero-order valence-corrected chi connectivity index (χ0v) is 20.5. The lowest BCUT2D eigenvalue weighted by Crippen LogP contribution is -2.47. The number of aromatic nitrogens is 1. The molecule has 2 N–H and O–H groups in total. The fraction of sp³-hybridized carbons (Fsp3) is 0.619. The molecule has 1 aromatic rings. The van der Waals surface area contributed by atoms with E-state index < -0.39 is 25.4 Å². The van der Waals surface area contributed by atoms with Gasteiger partial charge in [-0.05, 0) is 24.1 Å². The number of amides is 1. The van der Waals surface area contributed by atoms with Gasteiger partial charge in [0.2, 0.25) is 0 Å². The van der Waals surface area contributed by atoms with Crippen molar-refractivity contribution in [3.8, 4) is 11.8 Å². The van der Waals surface area contributed by atoms with E-state index >= 15 is 0 Å². The van der Waals surface area contributed by atoms with Gasteiger partial charge in [0.1, 0.15) is 30.6 Å². The molecule has 2 aliphatic rings. The molecule has 0 radical (unpaired) electrons. The summed E-state index contributed by atoms with van der Waals surface area (Å²) in [6, 6.07) is 0.929. The second-order valence-electron chi connectivity index (χ2n) is 9.25. The van der Waals surface area contributed by atoms with Crippen LogP contribution in [0.1, 0.15) is 26.5 Å². The van der Waals surface area contributed by atoms with Gasteiger partial charge in [0.05, 0.1) is 25.0 Å². The van der Waals surface area contributed by atoms with Gasteiger partial charge >= 0.3 is 6.09 Å². The molecule has 2 aliphatic heterocycles. The van der Waals surface area contributed by atoms with Crippen LogP contribution in [0, 0.1) is 17.7 Å². The third kappa shape index (κ3) is 5.59. The van der Waals surface area contributed by atoms with Gasteiger partial charge in [-0.25, -0.2) is 14.2 Å². The molecule has 1 aromatic heterocycles. The molecule has 32 heavy (non-hydrogen) atoms. The Morgan fingerprint density at radius 3 is 2.59 bits per heavy atom. The third-order valence-corrected chi connectivity index (χ3v) is 10.7. The Kier molecular flexibility index (Phi) is 7.49. The molecule has 0 aromatic carbocycles. The maximum atomic E-state index is 13.6. The van der Waals surface area contributed by atoms with Crippen LogP contribution in [0.3, 0.4) is 0 Å². The van der Waals surface area contributed by atoms with E-state index in [1.54, 1.807) is 0 Å². The number of fused-ring (bicyclic) bond motifs is 1. The van der Waals surface area contributed by atoms with Gasteiger partial charge < -0.3 is 23.7 Å². The molecule has 11 heteroatoms. The minimum Gasteiger partial charge on any atom is -0.465 e. The lowest BCUT2D eigenvalue weighted by atomic mass is 10.1. The lowest BCUT2D eigenvalue weighted by molar-refractivity contribution is -0.0252. The molecule has 0 spiro atoms. The van der Waals surface area contributed by atoms with Crippen molar-refractivity contribution in [2.24, 2.45) is 0 Å². The molecule has 0 bridgehead atoms. The van der Waals surface area contributed by atoms with Gasteiger partial charge in [0, 0.05) is 6.07 Å². The number of halogens is 2. The molecule has 4 atom stereocenters. The summed E-state index contributed by atoms with van der Waals surface area (Å²) in [6.45, 7) is 11.8. The van der Waals surface area contributed by atoms with Gasteiger partial charge in [-0.3, -0.25) is 5.32 Å². The summed E-state index contributed by atoms with van der Waals surface area (Å²) < 4.78 is 37.7. The summed E-state index contributed by atoms with van der Waals surface area (Å²) in [4.78, 5) is 14.7. The van der Waals surface area contributed by atoms with Crippen molar-refractivity contribution in [1.29, 1.82) is 0 Å². The van der Waals surface area contributed by atoms with Crippen LogP contribution < -0.4 is 5.32 Å². The van der Waals surface area contributed by atoms with E-state index in [4.69, 9.17) is 35.3 Å². The van der Waals surface area contributed by atoms with Gasteiger partial charge in [-0.15, -0.1) is 0 Å². The van der Waals surface area contributed by atoms with Crippen LogP contribution in [0.25, 0.3) is 0 Å². The van der Waals surface area contributed by atoms with E-state index in [-0.39, 0.29) is 47.4 Å². The number of nitrogens with zero attached hydrogens (tertiary/aromatic N) is 1. The van der Waals surface area contributed by atoms with Crippen molar-refractivity contribution in [1.82, 2.24) is 4.98 Å². The average Bonchev–Trinajstić information content (AvgIpc) is 3.24. The second kappa shape index (κ2) is 9.63. The fourth-order valence-electron chi connectivity index (χ4n) is 3.27. The number of carboxylic acid groups (broad SMARTS) is 1. The highest BCUT2D eigenvalue weighted by atomic mass is 35.5. The van der Waals surface area contributed by atoms with Crippen LogP contribution in [-0.2, 0) is 18.6 Å². The third-order valence-electron chi connectivity index (χ3n) is 5.97. The summed E-state index contributed by atoms with van der Waals surface area (Å²) in [5.41, 5.74) is -0.0937. The molecule has 1 amide bonds. The number of ether oxygens (including phenoxy) is 3. The van der Waals surface area contributed by atoms with Crippen molar-refractivity contribution >= 4 is 31.7 Å². The summed E-state index contributed by atoms with van der Waals surface area (Å²) in [7, 11) is -1.96. The van der Waals surface area contributed by atoms with Crippen LogP contribution in [0.15, 0.2) is 6.07 Å². The van der Waals surface area contributed by atoms with E-state index in [2.05, 4.69) is 50.7 Å². The van der Waals surface area contributed by atoms with Gasteiger partial charge in [-0.2, -0.15) is 0 Å². The maximum Gasteiger partial charge on any atom is 0.409 e. The number of pyridine rings is 1. The van der Waals surface area contributed by atoms with Gasteiger partial charge in [-0.1, -0.05) is 38.3 Å². The summed E-state index contributed by atoms with van der Waals surface area (Å²) in [5.74, 6) is 4.57. The smallest absolute Gasteiger partial charge is 0.409 e. The Bertz CT molecular complexity index is 929. The summed E-state index contributed by atoms with van der Waals surface area (Å²) >= 11 is 5.68. The maximum absolute atomic E-state index is 13.6. The quantitative estimate of drug-likeness (QED) is 0.370. The molecular weight excluding hydrogens is 459 g/mol. The standard InChI is InChI=1S/C21H28ClFN2O6Si/c1-21(2,3)32(4,5)31-16-11-30-17-15(10-29-18(16)17)28-8-6-7-13-14(25-20(26)27)9-12(23)19(22)24-13/h9,15-18,25H,8,10-11H2,1-5H3,(H,26,27)/t15-,16-,17-,18-/m1/s1. The first-order valence-corrected chi connectivity index (χ1v) is 13.5. The Balaban J connectivity index is 1.59. The average molecular weight is 487 g/mol. The molecule has 176 valence electrons. The minimum absolute atomic E-state index is 0.00268. The number of rotatable bonds is 5. The van der Waals surface area contributed by atoms with Crippen LogP contribution >= 0.6 is 11.6 Å². The van der Waals surface area contributed by atoms with Crippen molar-refractivity contribution in [2.75, 3.05) is 25.1 Å². The van der Waals surface area contributed by atoms with Gasteiger partial charge in [0.15, 0.2) is 19.3 Å². The van der Waals surface area contributed by atoms with Crippen molar-refractivity contribution < 1.29 is 32.9 Å². The molecule has 2 saturated heterocycles. The van der Waals surface area contributed by atoms with Crippen LogP contribution in [0.5, 0.6) is 0 Å². The van der Waals surface area contributed by atoms with Crippen molar-refractivity contribution in [2.45, 2.75) is 63.3 Å². The summed E-state index contributed by atoms with van der Waals surface area (Å²) in [5, 5.41) is 10.6. The topological polar surface area (TPSA) is 99.1 Å². The number of hydrogen-bond donors (Lipinski definition) is 2. The second-order valence-corrected chi connectivity index (χ2v) is 14.4. The number of hydrogen-bond acceptors (Lipinski definition) is 6. The monoisotopic (exact) mass is 486 g/mol. The SMILES string of the molecule is CC(C)(C)[Si](C)(C)O[C@@H]1CO[C@H]2[C@@H]1OC[C@H]2OCC#Cc1nc(Cl)c(F)cc1NC(=O)O. The molecule has 2 fully saturated rings. The first kappa shape index (κ1) is 24.9. The highest BCUT2D eigenvalue weighted by molar-refractivity contribution is 6.74. The van der Waals surface area contributed by atoms with Crippen LogP contribution in [0.4, 0.5) is 14.9 Å². The van der Waals surface area contributed by atoms with Crippen molar-refractivity contribution in [3.63, 3.8) is 0 Å². The fourth-order valence-corrected chi connectivity index (χ4v) is 4.72. The van der Waals surface area contributed by atoms with E-state index in [0.717, 1.165) is 6.07 Å². The van der Waals surface area contributed by atoms with E-state index in [1.807, 2.05) is 5.32 Å². The Labute approximate surface area is 192 Å². The Hall–Kier alpha value is -1.74. The predicted octanol–water partition coefficient (Wildman–Crippen LogP) is 3.89. The largest absolute Gasteiger partial charge is 0.465 e. The van der Waals surface area contributed by atoms with E-state index in [0.29, 0.717) is 13.2 Å². The molecule has 0 unspecified atom stereocenters. The van der Waals surface area contributed by atoms with E-state index in [9.17, 15) is 9.18 Å². The number of anilines is 1. The molecular formula is C21H28ClFN2O6Si. The number of nitrogens with one attached hydrogen (secondary N) is 1. The Morgan fingerprint density at radius 1 is 1.34 bits per heavy atom.